The first-order valence-electron chi connectivity index (χ1n) is 4.96. The fourth-order valence-electron chi connectivity index (χ4n) is 1.40. The zero-order valence-electron chi connectivity index (χ0n) is 8.60. The van der Waals surface area contributed by atoms with Gasteiger partial charge in [0.2, 0.25) is 0 Å². The van der Waals surface area contributed by atoms with Gasteiger partial charge in [-0.05, 0) is 18.6 Å². The van der Waals surface area contributed by atoms with Crippen molar-refractivity contribution in [2.75, 3.05) is 5.73 Å². The largest absolute Gasteiger partial charge is 0.375 e. The maximum absolute atomic E-state index is 5.58. The Labute approximate surface area is 93.0 Å². The molecule has 15 heavy (non-hydrogen) atoms. The Morgan fingerprint density at radius 3 is 2.80 bits per heavy atom. The molecule has 2 rings (SSSR count). The monoisotopic (exact) mass is 219 g/mol. The van der Waals surface area contributed by atoms with Crippen molar-refractivity contribution < 1.29 is 0 Å². The molecule has 0 aliphatic rings. The smallest absolute Gasteiger partial charge is 0.180 e. The van der Waals surface area contributed by atoms with Gasteiger partial charge in [0.15, 0.2) is 5.13 Å². The molecule has 2 N–H and O–H groups in total. The number of hydrogen-bond donors (Lipinski definition) is 1. The second kappa shape index (κ2) is 4.40. The molecule has 0 saturated carbocycles. The van der Waals surface area contributed by atoms with E-state index in [4.69, 9.17) is 5.73 Å². The van der Waals surface area contributed by atoms with Gasteiger partial charge in [-0.1, -0.05) is 13.3 Å². The molecule has 0 aliphatic heterocycles. The molecule has 2 aromatic heterocycles. The number of thiazole rings is 1. The molecule has 0 aromatic carbocycles. The third-order valence-corrected chi connectivity index (χ3v) is 2.82. The third-order valence-electron chi connectivity index (χ3n) is 2.15. The van der Waals surface area contributed by atoms with Gasteiger partial charge in [0, 0.05) is 22.8 Å². The van der Waals surface area contributed by atoms with Crippen LogP contribution < -0.4 is 5.73 Å². The molecule has 0 spiro atoms. The standard InChI is InChI=1S/C11H13N3S/c1-2-3-9-5-4-8(6-13-9)10-7-15-11(12)14-10/h4-7H,2-3H2,1H3,(H2,12,14). The molecule has 0 radical (unpaired) electrons. The predicted octanol–water partition coefficient (Wildman–Crippen LogP) is 2.74. The van der Waals surface area contributed by atoms with E-state index < -0.39 is 0 Å². The van der Waals surface area contributed by atoms with Gasteiger partial charge in [-0.2, -0.15) is 0 Å². The second-order valence-electron chi connectivity index (χ2n) is 3.36. The molecule has 0 bridgehead atoms. The molecule has 0 unspecified atom stereocenters. The van der Waals surface area contributed by atoms with Gasteiger partial charge in [0.25, 0.3) is 0 Å². The summed E-state index contributed by atoms with van der Waals surface area (Å²) in [5.74, 6) is 0. The lowest BCUT2D eigenvalue weighted by Crippen LogP contribution is -1.89. The summed E-state index contributed by atoms with van der Waals surface area (Å²) in [5, 5.41) is 2.55. The van der Waals surface area contributed by atoms with Crippen molar-refractivity contribution in [1.82, 2.24) is 9.97 Å². The highest BCUT2D eigenvalue weighted by Gasteiger charge is 2.02. The minimum absolute atomic E-state index is 0.600. The summed E-state index contributed by atoms with van der Waals surface area (Å²) in [6, 6.07) is 4.10. The molecule has 0 atom stereocenters. The first-order valence-corrected chi connectivity index (χ1v) is 5.84. The Hall–Kier alpha value is -1.42. The second-order valence-corrected chi connectivity index (χ2v) is 4.25. The van der Waals surface area contributed by atoms with Crippen molar-refractivity contribution in [2.24, 2.45) is 0 Å². The van der Waals surface area contributed by atoms with E-state index in [-0.39, 0.29) is 0 Å². The molecular weight excluding hydrogens is 206 g/mol. The van der Waals surface area contributed by atoms with Crippen LogP contribution >= 0.6 is 11.3 Å². The van der Waals surface area contributed by atoms with E-state index in [0.717, 1.165) is 29.8 Å². The maximum Gasteiger partial charge on any atom is 0.180 e. The van der Waals surface area contributed by atoms with Gasteiger partial charge < -0.3 is 5.73 Å². The van der Waals surface area contributed by atoms with Crippen molar-refractivity contribution in [1.29, 1.82) is 0 Å². The van der Waals surface area contributed by atoms with Crippen LogP contribution in [0.25, 0.3) is 11.3 Å². The van der Waals surface area contributed by atoms with Gasteiger partial charge in [-0.15, -0.1) is 11.3 Å². The fourth-order valence-corrected chi connectivity index (χ4v) is 1.97. The Kier molecular flexibility index (Phi) is 2.97. The minimum atomic E-state index is 0.600. The average Bonchev–Trinajstić information content (AvgIpc) is 2.67. The van der Waals surface area contributed by atoms with Gasteiger partial charge >= 0.3 is 0 Å². The Morgan fingerprint density at radius 1 is 1.40 bits per heavy atom. The number of hydrogen-bond acceptors (Lipinski definition) is 4. The summed E-state index contributed by atoms with van der Waals surface area (Å²) in [6.07, 6.45) is 4.01. The fraction of sp³-hybridized carbons (Fsp3) is 0.273. The van der Waals surface area contributed by atoms with E-state index in [0.29, 0.717) is 5.13 Å². The zero-order chi connectivity index (χ0) is 10.7. The molecule has 2 heterocycles. The molecule has 78 valence electrons. The number of nitrogens with two attached hydrogens (primary N) is 1. The summed E-state index contributed by atoms with van der Waals surface area (Å²) >= 11 is 1.45. The molecule has 0 fully saturated rings. The molecule has 0 aliphatic carbocycles. The number of rotatable bonds is 3. The lowest BCUT2D eigenvalue weighted by atomic mass is 10.2. The Bertz CT molecular complexity index is 433. The van der Waals surface area contributed by atoms with Crippen LogP contribution in [0.1, 0.15) is 19.0 Å². The SMILES string of the molecule is CCCc1ccc(-c2csc(N)n2)cn1. The molecular formula is C11H13N3S. The van der Waals surface area contributed by atoms with E-state index in [1.807, 2.05) is 23.7 Å². The van der Waals surface area contributed by atoms with Gasteiger partial charge in [-0.3, -0.25) is 4.98 Å². The summed E-state index contributed by atoms with van der Waals surface area (Å²) in [6.45, 7) is 2.15. The molecule has 2 aromatic rings. The lowest BCUT2D eigenvalue weighted by molar-refractivity contribution is 0.883. The van der Waals surface area contributed by atoms with Crippen LogP contribution in [0.3, 0.4) is 0 Å². The quantitative estimate of drug-likeness (QED) is 0.863. The first kappa shape index (κ1) is 10.1. The lowest BCUT2D eigenvalue weighted by Gasteiger charge is -1.99. The summed E-state index contributed by atoms with van der Waals surface area (Å²) in [7, 11) is 0. The number of aryl methyl sites for hydroxylation is 1. The van der Waals surface area contributed by atoms with Crippen LogP contribution in [-0.4, -0.2) is 9.97 Å². The molecule has 0 saturated heterocycles. The highest BCUT2D eigenvalue weighted by Crippen LogP contribution is 2.22. The number of nitrogens with zero attached hydrogens (tertiary/aromatic N) is 2. The van der Waals surface area contributed by atoms with E-state index in [1.54, 1.807) is 0 Å². The van der Waals surface area contributed by atoms with Crippen LogP contribution in [0.5, 0.6) is 0 Å². The highest BCUT2D eigenvalue weighted by molar-refractivity contribution is 7.13. The number of aromatic nitrogens is 2. The van der Waals surface area contributed by atoms with E-state index >= 15 is 0 Å². The van der Waals surface area contributed by atoms with E-state index in [9.17, 15) is 0 Å². The summed E-state index contributed by atoms with van der Waals surface area (Å²) in [4.78, 5) is 8.59. The van der Waals surface area contributed by atoms with Crippen LogP contribution in [0.2, 0.25) is 0 Å². The maximum atomic E-state index is 5.58. The first-order chi connectivity index (χ1) is 7.29. The zero-order valence-corrected chi connectivity index (χ0v) is 9.42. The van der Waals surface area contributed by atoms with Crippen molar-refractivity contribution in [3.8, 4) is 11.3 Å². The van der Waals surface area contributed by atoms with E-state index in [1.165, 1.54) is 11.3 Å². The predicted molar refractivity (Wildman–Crippen MR) is 63.8 cm³/mol. The molecule has 0 amide bonds. The van der Waals surface area contributed by atoms with Crippen LogP contribution in [-0.2, 0) is 6.42 Å². The van der Waals surface area contributed by atoms with Gasteiger partial charge in [0.05, 0.1) is 5.69 Å². The number of nitrogen functional groups attached to an aromatic ring is 1. The normalized spacial score (nSPS) is 10.5. The van der Waals surface area contributed by atoms with Crippen molar-refractivity contribution in [2.45, 2.75) is 19.8 Å². The van der Waals surface area contributed by atoms with Crippen LogP contribution in [0.4, 0.5) is 5.13 Å². The van der Waals surface area contributed by atoms with Crippen LogP contribution in [0, 0.1) is 0 Å². The van der Waals surface area contributed by atoms with Crippen molar-refractivity contribution >= 4 is 16.5 Å². The third kappa shape index (κ3) is 2.33. The number of anilines is 1. The van der Waals surface area contributed by atoms with Crippen molar-refractivity contribution in [3.05, 3.63) is 29.4 Å². The average molecular weight is 219 g/mol. The summed E-state index contributed by atoms with van der Waals surface area (Å²) in [5.41, 5.74) is 8.65. The van der Waals surface area contributed by atoms with Crippen molar-refractivity contribution in [3.63, 3.8) is 0 Å². The number of pyridine rings is 1. The Morgan fingerprint density at radius 2 is 2.27 bits per heavy atom. The minimum Gasteiger partial charge on any atom is -0.375 e. The molecule has 4 heteroatoms. The Balaban J connectivity index is 2.23. The van der Waals surface area contributed by atoms with Gasteiger partial charge in [0.1, 0.15) is 0 Å². The van der Waals surface area contributed by atoms with E-state index in [2.05, 4.69) is 16.9 Å². The summed E-state index contributed by atoms with van der Waals surface area (Å²) < 4.78 is 0. The van der Waals surface area contributed by atoms with Gasteiger partial charge in [-0.25, -0.2) is 4.98 Å². The topological polar surface area (TPSA) is 51.8 Å². The van der Waals surface area contributed by atoms with Crippen LogP contribution in [0.15, 0.2) is 23.7 Å². The molecule has 3 nitrogen and oxygen atoms in total. The highest BCUT2D eigenvalue weighted by atomic mass is 32.1.